The first kappa shape index (κ1) is 9.96. The minimum atomic E-state index is 0.273. The summed E-state index contributed by atoms with van der Waals surface area (Å²) < 4.78 is 10.6. The molecule has 1 fully saturated rings. The Bertz CT molecular complexity index is 128. The minimum absolute atomic E-state index is 0.273. The maximum atomic E-state index is 5.40. The molecule has 0 aromatic rings. The highest BCUT2D eigenvalue weighted by molar-refractivity contribution is 4.77. The zero-order valence-electron chi connectivity index (χ0n) is 8.17. The van der Waals surface area contributed by atoms with Crippen molar-refractivity contribution in [1.29, 1.82) is 0 Å². The van der Waals surface area contributed by atoms with Gasteiger partial charge in [0.25, 0.3) is 0 Å². The summed E-state index contributed by atoms with van der Waals surface area (Å²) >= 11 is 0. The molecule has 0 bridgehead atoms. The molecule has 0 saturated carbocycles. The molecule has 2 atom stereocenters. The fourth-order valence-corrected chi connectivity index (χ4v) is 1.55. The quantitative estimate of drug-likeness (QED) is 0.684. The van der Waals surface area contributed by atoms with Crippen LogP contribution in [0, 0.1) is 0 Å². The van der Waals surface area contributed by atoms with E-state index >= 15 is 0 Å². The topological polar surface area (TPSA) is 30.5 Å². The number of rotatable bonds is 3. The van der Waals surface area contributed by atoms with Crippen molar-refractivity contribution in [2.45, 2.75) is 38.5 Å². The van der Waals surface area contributed by atoms with Gasteiger partial charge in [-0.2, -0.15) is 0 Å². The van der Waals surface area contributed by atoms with Gasteiger partial charge in [0.1, 0.15) is 0 Å². The highest BCUT2D eigenvalue weighted by Crippen LogP contribution is 2.10. The first-order valence-corrected chi connectivity index (χ1v) is 4.59. The van der Waals surface area contributed by atoms with Crippen LogP contribution in [0.5, 0.6) is 0 Å². The van der Waals surface area contributed by atoms with Crippen molar-refractivity contribution in [3.8, 4) is 0 Å². The van der Waals surface area contributed by atoms with Crippen LogP contribution in [0.15, 0.2) is 0 Å². The summed E-state index contributed by atoms with van der Waals surface area (Å²) in [6, 6.07) is 0.984. The maximum Gasteiger partial charge on any atom is 0.0820 e. The van der Waals surface area contributed by atoms with Gasteiger partial charge in [0.2, 0.25) is 0 Å². The van der Waals surface area contributed by atoms with E-state index in [1.165, 1.54) is 0 Å². The van der Waals surface area contributed by atoms with Gasteiger partial charge < -0.3 is 14.8 Å². The van der Waals surface area contributed by atoms with Crippen LogP contribution in [-0.4, -0.2) is 38.5 Å². The van der Waals surface area contributed by atoms with Gasteiger partial charge in [-0.1, -0.05) is 13.8 Å². The minimum Gasteiger partial charge on any atom is -0.379 e. The Kier molecular flexibility index (Phi) is 3.98. The van der Waals surface area contributed by atoms with Gasteiger partial charge in [0.05, 0.1) is 19.3 Å². The average Bonchev–Trinajstić information content (AvgIpc) is 2.03. The van der Waals surface area contributed by atoms with Gasteiger partial charge >= 0.3 is 0 Å². The monoisotopic (exact) mass is 173 g/mol. The molecule has 0 amide bonds. The second-order valence-electron chi connectivity index (χ2n) is 3.65. The molecular weight excluding hydrogens is 154 g/mol. The van der Waals surface area contributed by atoms with Gasteiger partial charge in [-0.05, 0) is 6.42 Å². The molecule has 1 heterocycles. The lowest BCUT2D eigenvalue weighted by molar-refractivity contribution is -0.0451. The molecule has 2 unspecified atom stereocenters. The van der Waals surface area contributed by atoms with Gasteiger partial charge in [-0.3, -0.25) is 0 Å². The summed E-state index contributed by atoms with van der Waals surface area (Å²) in [5.74, 6) is 0. The summed E-state index contributed by atoms with van der Waals surface area (Å²) in [5.41, 5.74) is 0. The predicted molar refractivity (Wildman–Crippen MR) is 48.3 cm³/mol. The normalized spacial score (nSPS) is 31.0. The van der Waals surface area contributed by atoms with Crippen LogP contribution < -0.4 is 5.32 Å². The summed E-state index contributed by atoms with van der Waals surface area (Å²) in [6.45, 7) is 5.86. The van der Waals surface area contributed by atoms with E-state index in [0.717, 1.165) is 19.6 Å². The lowest BCUT2D eigenvalue weighted by Crippen LogP contribution is -2.45. The van der Waals surface area contributed by atoms with E-state index in [1.807, 2.05) is 0 Å². The molecule has 3 nitrogen and oxygen atoms in total. The summed E-state index contributed by atoms with van der Waals surface area (Å²) in [5, 5.41) is 3.44. The lowest BCUT2D eigenvalue weighted by atomic mass is 10.1. The Hall–Kier alpha value is -0.120. The lowest BCUT2D eigenvalue weighted by Gasteiger charge is -2.30. The molecule has 3 heteroatoms. The molecule has 0 aliphatic carbocycles. The van der Waals surface area contributed by atoms with E-state index in [2.05, 4.69) is 19.2 Å². The van der Waals surface area contributed by atoms with Crippen molar-refractivity contribution < 1.29 is 9.47 Å². The van der Waals surface area contributed by atoms with Gasteiger partial charge in [-0.15, -0.1) is 0 Å². The number of methoxy groups -OCH3 is 1. The van der Waals surface area contributed by atoms with Crippen LogP contribution in [0.25, 0.3) is 0 Å². The number of ether oxygens (including phenoxy) is 2. The molecule has 0 aromatic heterocycles. The summed E-state index contributed by atoms with van der Waals surface area (Å²) in [4.78, 5) is 0. The van der Waals surface area contributed by atoms with Crippen LogP contribution in [0.3, 0.4) is 0 Å². The van der Waals surface area contributed by atoms with Gasteiger partial charge in [0, 0.05) is 19.2 Å². The Labute approximate surface area is 74.4 Å². The van der Waals surface area contributed by atoms with Crippen molar-refractivity contribution in [2.75, 3.05) is 20.3 Å². The van der Waals surface area contributed by atoms with E-state index < -0.39 is 0 Å². The Morgan fingerprint density at radius 1 is 1.42 bits per heavy atom. The fraction of sp³-hybridized carbons (Fsp3) is 1.00. The Balaban J connectivity index is 2.25. The van der Waals surface area contributed by atoms with Crippen molar-refractivity contribution in [3.63, 3.8) is 0 Å². The van der Waals surface area contributed by atoms with E-state index in [9.17, 15) is 0 Å². The van der Waals surface area contributed by atoms with E-state index in [0.29, 0.717) is 12.1 Å². The Morgan fingerprint density at radius 2 is 2.17 bits per heavy atom. The summed E-state index contributed by atoms with van der Waals surface area (Å²) in [7, 11) is 1.74. The van der Waals surface area contributed by atoms with E-state index in [-0.39, 0.29) is 6.10 Å². The van der Waals surface area contributed by atoms with Crippen LogP contribution in [-0.2, 0) is 9.47 Å². The standard InChI is InChI=1S/C9H19NO2/c1-7(2)10-8-4-9(11-3)6-12-5-8/h7-10H,4-6H2,1-3H3. The van der Waals surface area contributed by atoms with Crippen molar-refractivity contribution in [1.82, 2.24) is 5.32 Å². The van der Waals surface area contributed by atoms with E-state index in [1.54, 1.807) is 7.11 Å². The molecule has 1 rings (SSSR count). The van der Waals surface area contributed by atoms with Crippen LogP contribution in [0.4, 0.5) is 0 Å². The van der Waals surface area contributed by atoms with Crippen molar-refractivity contribution in [3.05, 3.63) is 0 Å². The second kappa shape index (κ2) is 4.80. The highest BCUT2D eigenvalue weighted by atomic mass is 16.5. The molecule has 1 N–H and O–H groups in total. The third-order valence-electron chi connectivity index (χ3n) is 2.07. The Morgan fingerprint density at radius 3 is 2.75 bits per heavy atom. The number of hydrogen-bond donors (Lipinski definition) is 1. The van der Waals surface area contributed by atoms with Crippen molar-refractivity contribution in [2.24, 2.45) is 0 Å². The second-order valence-corrected chi connectivity index (χ2v) is 3.65. The molecule has 0 spiro atoms. The highest BCUT2D eigenvalue weighted by Gasteiger charge is 2.22. The van der Waals surface area contributed by atoms with Crippen LogP contribution >= 0.6 is 0 Å². The predicted octanol–water partition coefficient (Wildman–Crippen LogP) is 0.788. The zero-order valence-corrected chi connectivity index (χ0v) is 8.17. The smallest absolute Gasteiger partial charge is 0.0820 e. The average molecular weight is 173 g/mol. The first-order chi connectivity index (χ1) is 5.72. The molecule has 0 radical (unpaired) electrons. The molecule has 72 valence electrons. The molecule has 12 heavy (non-hydrogen) atoms. The molecule has 1 aliphatic rings. The third kappa shape index (κ3) is 3.09. The first-order valence-electron chi connectivity index (χ1n) is 4.59. The van der Waals surface area contributed by atoms with E-state index in [4.69, 9.17) is 9.47 Å². The largest absolute Gasteiger partial charge is 0.379 e. The molecule has 1 saturated heterocycles. The van der Waals surface area contributed by atoms with Crippen LogP contribution in [0.1, 0.15) is 20.3 Å². The molecular formula is C9H19NO2. The van der Waals surface area contributed by atoms with Gasteiger partial charge in [0.15, 0.2) is 0 Å². The molecule has 0 aromatic carbocycles. The summed E-state index contributed by atoms with van der Waals surface area (Å²) in [6.07, 6.45) is 1.34. The molecule has 1 aliphatic heterocycles. The SMILES string of the molecule is COC1COCC(NC(C)C)C1. The number of hydrogen-bond acceptors (Lipinski definition) is 3. The third-order valence-corrected chi connectivity index (χ3v) is 2.07. The van der Waals surface area contributed by atoms with Gasteiger partial charge in [-0.25, -0.2) is 0 Å². The number of nitrogens with one attached hydrogen (secondary N) is 1. The fourth-order valence-electron chi connectivity index (χ4n) is 1.55. The maximum absolute atomic E-state index is 5.40. The zero-order chi connectivity index (χ0) is 8.97. The van der Waals surface area contributed by atoms with Crippen LogP contribution in [0.2, 0.25) is 0 Å². The van der Waals surface area contributed by atoms with Crippen molar-refractivity contribution >= 4 is 0 Å².